The Morgan fingerprint density at radius 3 is 2.17 bits per heavy atom. The Bertz CT molecular complexity index is 452. The molecule has 0 aromatic heterocycles. The first-order valence-electron chi connectivity index (χ1n) is 7.40. The summed E-state index contributed by atoms with van der Waals surface area (Å²) in [5, 5.41) is 17.6. The minimum absolute atomic E-state index is 0.0167. The molecule has 0 aliphatic heterocycles. The van der Waals surface area contributed by atoms with E-state index in [1.54, 1.807) is 27.7 Å². The predicted molar refractivity (Wildman–Crippen MR) is 81.6 cm³/mol. The lowest BCUT2D eigenvalue weighted by Gasteiger charge is -2.31. The number of carboxylic acids is 1. The molecule has 0 aliphatic rings. The molecule has 2 N–H and O–H groups in total. The normalized spacial score (nSPS) is 11.6. The SMILES string of the molecule is CCCC(C(=O)O)N(C)C(=N)N(OC(=O)C(C)C)C(=O)OCC. The molecule has 9 heteroatoms. The van der Waals surface area contributed by atoms with Crippen LogP contribution < -0.4 is 0 Å². The molecule has 1 unspecified atom stereocenters. The van der Waals surface area contributed by atoms with E-state index < -0.39 is 36.0 Å². The van der Waals surface area contributed by atoms with Crippen LogP contribution in [0.5, 0.6) is 0 Å². The average Bonchev–Trinajstić information content (AvgIpc) is 2.48. The number of amides is 1. The maximum Gasteiger partial charge on any atom is 0.451 e. The van der Waals surface area contributed by atoms with E-state index in [2.05, 4.69) is 0 Å². The van der Waals surface area contributed by atoms with Crippen molar-refractivity contribution in [3.05, 3.63) is 0 Å². The van der Waals surface area contributed by atoms with Crippen LogP contribution >= 0.6 is 0 Å². The molecule has 1 amide bonds. The van der Waals surface area contributed by atoms with Gasteiger partial charge in [0.15, 0.2) is 0 Å². The second-order valence-corrected chi connectivity index (χ2v) is 5.14. The van der Waals surface area contributed by atoms with E-state index in [4.69, 9.17) is 15.0 Å². The lowest BCUT2D eigenvalue weighted by Crippen LogP contribution is -2.52. The number of carbonyl (C=O) groups is 3. The van der Waals surface area contributed by atoms with Crippen molar-refractivity contribution >= 4 is 24.0 Å². The number of rotatable bonds is 6. The number of nitrogens with one attached hydrogen (secondary N) is 1. The summed E-state index contributed by atoms with van der Waals surface area (Å²) in [5.74, 6) is -2.99. The summed E-state index contributed by atoms with van der Waals surface area (Å²) in [6.45, 7) is 6.51. The molecule has 23 heavy (non-hydrogen) atoms. The summed E-state index contributed by atoms with van der Waals surface area (Å²) in [6, 6.07) is -1.03. The number of hydrogen-bond acceptors (Lipinski definition) is 6. The average molecular weight is 331 g/mol. The van der Waals surface area contributed by atoms with E-state index in [-0.39, 0.29) is 13.0 Å². The zero-order chi connectivity index (χ0) is 18.2. The number of likely N-dealkylation sites (N-methyl/N-ethyl adjacent to an activating group) is 1. The Labute approximate surface area is 135 Å². The maximum atomic E-state index is 11.9. The Hall–Kier alpha value is -2.32. The smallest absolute Gasteiger partial charge is 0.451 e. The van der Waals surface area contributed by atoms with Crippen molar-refractivity contribution in [3.8, 4) is 0 Å². The van der Waals surface area contributed by atoms with Gasteiger partial charge in [0.2, 0.25) is 5.96 Å². The van der Waals surface area contributed by atoms with Gasteiger partial charge in [-0.25, -0.2) is 14.4 Å². The van der Waals surface area contributed by atoms with E-state index in [9.17, 15) is 19.5 Å². The number of carboxylic acid groups (broad SMARTS) is 1. The zero-order valence-electron chi connectivity index (χ0n) is 14.2. The van der Waals surface area contributed by atoms with Gasteiger partial charge in [0.25, 0.3) is 0 Å². The van der Waals surface area contributed by atoms with Gasteiger partial charge in [-0.2, -0.15) is 0 Å². The van der Waals surface area contributed by atoms with Gasteiger partial charge in [-0.3, -0.25) is 5.41 Å². The molecular formula is C14H25N3O6. The molecule has 0 aliphatic carbocycles. The van der Waals surface area contributed by atoms with E-state index in [0.29, 0.717) is 11.5 Å². The van der Waals surface area contributed by atoms with Gasteiger partial charge in [-0.15, -0.1) is 0 Å². The first kappa shape index (κ1) is 20.7. The topological polar surface area (TPSA) is 120 Å². The molecule has 0 saturated heterocycles. The zero-order valence-corrected chi connectivity index (χ0v) is 14.2. The first-order valence-corrected chi connectivity index (χ1v) is 7.40. The summed E-state index contributed by atoms with van der Waals surface area (Å²) >= 11 is 0. The highest BCUT2D eigenvalue weighted by Crippen LogP contribution is 2.11. The van der Waals surface area contributed by atoms with Crippen molar-refractivity contribution in [1.82, 2.24) is 9.96 Å². The molecule has 0 saturated carbocycles. The van der Waals surface area contributed by atoms with Crippen molar-refractivity contribution in [2.75, 3.05) is 13.7 Å². The summed E-state index contributed by atoms with van der Waals surface area (Å²) in [4.78, 5) is 40.9. The summed E-state index contributed by atoms with van der Waals surface area (Å²) in [6.07, 6.45) is -0.220. The summed E-state index contributed by atoms with van der Waals surface area (Å²) < 4.78 is 4.75. The van der Waals surface area contributed by atoms with Crippen LogP contribution in [-0.2, 0) is 19.2 Å². The van der Waals surface area contributed by atoms with Crippen LogP contribution in [0.4, 0.5) is 4.79 Å². The minimum atomic E-state index is -1.14. The van der Waals surface area contributed by atoms with Gasteiger partial charge in [-0.05, 0) is 13.3 Å². The quantitative estimate of drug-likeness (QED) is 0.431. The number of hydrogen-bond donors (Lipinski definition) is 2. The first-order chi connectivity index (χ1) is 10.7. The maximum absolute atomic E-state index is 11.9. The van der Waals surface area contributed by atoms with E-state index in [0.717, 1.165) is 4.90 Å². The third-order valence-corrected chi connectivity index (χ3v) is 2.93. The highest BCUT2D eigenvalue weighted by molar-refractivity contribution is 5.94. The van der Waals surface area contributed by atoms with Crippen LogP contribution in [0.2, 0.25) is 0 Å². The van der Waals surface area contributed by atoms with Crippen molar-refractivity contribution in [2.45, 2.75) is 46.6 Å². The molecule has 0 aromatic rings. The van der Waals surface area contributed by atoms with E-state index >= 15 is 0 Å². The largest absolute Gasteiger partial charge is 0.480 e. The number of aliphatic carboxylic acids is 1. The minimum Gasteiger partial charge on any atom is -0.480 e. The Balaban J connectivity index is 5.35. The monoisotopic (exact) mass is 331 g/mol. The van der Waals surface area contributed by atoms with Crippen molar-refractivity contribution < 1.29 is 29.1 Å². The summed E-state index contributed by atoms with van der Waals surface area (Å²) in [7, 11) is 1.34. The van der Waals surface area contributed by atoms with Gasteiger partial charge in [0.05, 0.1) is 12.5 Å². The Morgan fingerprint density at radius 2 is 1.78 bits per heavy atom. The molecule has 9 nitrogen and oxygen atoms in total. The van der Waals surface area contributed by atoms with Gasteiger partial charge in [-0.1, -0.05) is 32.3 Å². The van der Waals surface area contributed by atoms with Gasteiger partial charge in [0, 0.05) is 7.05 Å². The molecule has 0 fully saturated rings. The van der Waals surface area contributed by atoms with Crippen LogP contribution in [-0.4, -0.2) is 58.8 Å². The molecule has 0 spiro atoms. The Morgan fingerprint density at radius 1 is 1.22 bits per heavy atom. The number of hydroxylamine groups is 2. The molecule has 132 valence electrons. The number of ether oxygens (including phenoxy) is 1. The highest BCUT2D eigenvalue weighted by Gasteiger charge is 2.33. The predicted octanol–water partition coefficient (Wildman–Crippen LogP) is 1.68. The fraction of sp³-hybridized carbons (Fsp3) is 0.714. The second kappa shape index (κ2) is 9.65. The van der Waals surface area contributed by atoms with Crippen LogP contribution in [0.15, 0.2) is 0 Å². The van der Waals surface area contributed by atoms with Gasteiger partial charge in [0.1, 0.15) is 6.04 Å². The van der Waals surface area contributed by atoms with Crippen molar-refractivity contribution in [1.29, 1.82) is 5.41 Å². The van der Waals surface area contributed by atoms with Crippen LogP contribution in [0, 0.1) is 11.3 Å². The fourth-order valence-electron chi connectivity index (χ4n) is 1.59. The molecule has 1 atom stereocenters. The molecule has 0 aromatic carbocycles. The third-order valence-electron chi connectivity index (χ3n) is 2.93. The van der Waals surface area contributed by atoms with E-state index in [1.165, 1.54) is 7.05 Å². The van der Waals surface area contributed by atoms with Gasteiger partial charge < -0.3 is 19.6 Å². The van der Waals surface area contributed by atoms with Crippen LogP contribution in [0.25, 0.3) is 0 Å². The lowest BCUT2D eigenvalue weighted by molar-refractivity contribution is -0.173. The third kappa shape index (κ3) is 6.13. The molecule has 0 radical (unpaired) electrons. The number of carbonyl (C=O) groups excluding carboxylic acids is 2. The summed E-state index contributed by atoms with van der Waals surface area (Å²) in [5.41, 5.74) is 0. The van der Waals surface area contributed by atoms with Crippen LogP contribution in [0.3, 0.4) is 0 Å². The standard InChI is InChI=1S/C14H25N3O6/c1-6-8-10(11(18)19)16(5)13(15)17(14(21)22-7-2)23-12(20)9(3)4/h9-10,15H,6-8H2,1-5H3,(H,18,19). The Kier molecular flexibility index (Phi) is 8.67. The fourth-order valence-corrected chi connectivity index (χ4v) is 1.59. The van der Waals surface area contributed by atoms with Crippen molar-refractivity contribution in [2.24, 2.45) is 5.92 Å². The molecule has 0 rings (SSSR count). The van der Waals surface area contributed by atoms with Crippen LogP contribution in [0.1, 0.15) is 40.5 Å². The van der Waals surface area contributed by atoms with E-state index in [1.807, 2.05) is 0 Å². The second-order valence-electron chi connectivity index (χ2n) is 5.14. The van der Waals surface area contributed by atoms with Gasteiger partial charge >= 0.3 is 18.0 Å². The number of guanidine groups is 1. The van der Waals surface area contributed by atoms with Crippen molar-refractivity contribution in [3.63, 3.8) is 0 Å². The lowest BCUT2D eigenvalue weighted by atomic mass is 10.1. The molecule has 0 bridgehead atoms. The molecular weight excluding hydrogens is 306 g/mol. The number of nitrogens with zero attached hydrogens (tertiary/aromatic N) is 2. The highest BCUT2D eigenvalue weighted by atomic mass is 16.8. The molecule has 0 heterocycles.